The summed E-state index contributed by atoms with van der Waals surface area (Å²) < 4.78 is 0. The Bertz CT molecular complexity index is 237. The van der Waals surface area contributed by atoms with Crippen molar-refractivity contribution in [1.82, 2.24) is 10.2 Å². The lowest BCUT2D eigenvalue weighted by atomic mass is 9.93. The smallest absolute Gasteiger partial charge is 0.237 e. The summed E-state index contributed by atoms with van der Waals surface area (Å²) in [5.41, 5.74) is 0.401. The van der Waals surface area contributed by atoms with Gasteiger partial charge in [0.2, 0.25) is 5.91 Å². The Balaban J connectivity index is 1.98. The number of nitrogens with one attached hydrogen (secondary N) is 1. The molecule has 0 spiro atoms. The molecule has 80 valence electrons. The van der Waals surface area contributed by atoms with Crippen molar-refractivity contribution in [2.45, 2.75) is 39.2 Å². The molecule has 3 nitrogen and oxygen atoms in total. The first-order chi connectivity index (χ1) is 6.58. The van der Waals surface area contributed by atoms with Gasteiger partial charge in [0.1, 0.15) is 0 Å². The zero-order valence-electron chi connectivity index (χ0n) is 9.18. The number of hydrogen-bond donors (Lipinski definition) is 1. The van der Waals surface area contributed by atoms with Gasteiger partial charge >= 0.3 is 0 Å². The van der Waals surface area contributed by atoms with Crippen molar-refractivity contribution < 1.29 is 4.79 Å². The van der Waals surface area contributed by atoms with Gasteiger partial charge in [0.25, 0.3) is 0 Å². The van der Waals surface area contributed by atoms with Crippen LogP contribution in [0.15, 0.2) is 0 Å². The summed E-state index contributed by atoms with van der Waals surface area (Å²) in [6, 6.07) is 0.158. The Morgan fingerprint density at radius 2 is 2.29 bits per heavy atom. The third kappa shape index (κ3) is 1.92. The average molecular weight is 196 g/mol. The van der Waals surface area contributed by atoms with Gasteiger partial charge in [-0.05, 0) is 31.2 Å². The molecule has 0 aromatic rings. The highest BCUT2D eigenvalue weighted by Crippen LogP contribution is 2.31. The van der Waals surface area contributed by atoms with Gasteiger partial charge in [-0.25, -0.2) is 0 Å². The summed E-state index contributed by atoms with van der Waals surface area (Å²) in [6.07, 6.45) is 3.39. The normalized spacial score (nSPS) is 33.0. The summed E-state index contributed by atoms with van der Waals surface area (Å²) in [7, 11) is 0. The van der Waals surface area contributed by atoms with Crippen LogP contribution in [0.3, 0.4) is 0 Å². The van der Waals surface area contributed by atoms with Gasteiger partial charge in [-0.3, -0.25) is 9.69 Å². The molecule has 0 saturated carbocycles. The third-order valence-corrected chi connectivity index (χ3v) is 3.40. The van der Waals surface area contributed by atoms with Crippen LogP contribution in [-0.4, -0.2) is 36.5 Å². The number of likely N-dealkylation sites (tertiary alicyclic amines) is 1. The third-order valence-electron chi connectivity index (χ3n) is 3.40. The number of carbonyl (C=O) groups is 1. The zero-order chi connectivity index (χ0) is 10.2. The molecule has 1 atom stereocenters. The van der Waals surface area contributed by atoms with E-state index in [1.165, 1.54) is 6.42 Å². The summed E-state index contributed by atoms with van der Waals surface area (Å²) >= 11 is 0. The Labute approximate surface area is 85.8 Å². The van der Waals surface area contributed by atoms with Gasteiger partial charge in [0.05, 0.1) is 6.04 Å². The quantitative estimate of drug-likeness (QED) is 0.678. The monoisotopic (exact) mass is 196 g/mol. The molecule has 0 bridgehead atoms. The van der Waals surface area contributed by atoms with Gasteiger partial charge in [-0.1, -0.05) is 13.8 Å². The van der Waals surface area contributed by atoms with Crippen molar-refractivity contribution in [2.24, 2.45) is 5.41 Å². The molecule has 2 saturated heterocycles. The molecule has 2 aliphatic rings. The minimum atomic E-state index is 0.158. The van der Waals surface area contributed by atoms with Crippen LogP contribution in [0.25, 0.3) is 0 Å². The molecule has 0 aliphatic carbocycles. The van der Waals surface area contributed by atoms with E-state index in [9.17, 15) is 4.79 Å². The van der Waals surface area contributed by atoms with E-state index in [2.05, 4.69) is 24.1 Å². The fourth-order valence-corrected chi connectivity index (χ4v) is 2.52. The average Bonchev–Trinajstić information content (AvgIpc) is 2.47. The van der Waals surface area contributed by atoms with Gasteiger partial charge in [0, 0.05) is 13.1 Å². The van der Waals surface area contributed by atoms with Crippen LogP contribution in [0.1, 0.15) is 33.1 Å². The predicted molar refractivity (Wildman–Crippen MR) is 56.0 cm³/mol. The molecule has 1 amide bonds. The second-order valence-corrected chi connectivity index (χ2v) is 5.33. The number of rotatable bonds is 1. The number of hydrogen-bond acceptors (Lipinski definition) is 2. The van der Waals surface area contributed by atoms with Crippen LogP contribution in [0.5, 0.6) is 0 Å². The second kappa shape index (κ2) is 3.54. The molecule has 2 heterocycles. The summed E-state index contributed by atoms with van der Waals surface area (Å²) in [6.45, 7) is 7.60. The van der Waals surface area contributed by atoms with Crippen LogP contribution in [0, 0.1) is 5.41 Å². The largest absolute Gasteiger partial charge is 0.355 e. The van der Waals surface area contributed by atoms with E-state index in [0.717, 1.165) is 32.5 Å². The molecule has 3 heteroatoms. The van der Waals surface area contributed by atoms with E-state index in [1.54, 1.807) is 0 Å². The number of amides is 1. The number of piperidine rings is 1. The van der Waals surface area contributed by atoms with E-state index in [1.807, 2.05) is 0 Å². The Kier molecular flexibility index (Phi) is 2.52. The second-order valence-electron chi connectivity index (χ2n) is 5.33. The molecule has 2 rings (SSSR count). The van der Waals surface area contributed by atoms with Crippen molar-refractivity contribution in [1.29, 1.82) is 0 Å². The van der Waals surface area contributed by atoms with Crippen LogP contribution in [0.4, 0.5) is 0 Å². The van der Waals surface area contributed by atoms with Crippen molar-refractivity contribution >= 4 is 5.91 Å². The van der Waals surface area contributed by atoms with E-state index < -0.39 is 0 Å². The standard InChI is InChI=1S/C11H20N2O/c1-11(2)5-7-13(8-11)9-4-3-6-12-10(9)14/h9H,3-8H2,1-2H3,(H,12,14). The fourth-order valence-electron chi connectivity index (χ4n) is 2.52. The maximum Gasteiger partial charge on any atom is 0.237 e. The zero-order valence-corrected chi connectivity index (χ0v) is 9.18. The van der Waals surface area contributed by atoms with Gasteiger partial charge in [-0.2, -0.15) is 0 Å². The molecule has 2 fully saturated rings. The SMILES string of the molecule is CC1(C)CCN(C2CCCNC2=O)C1. The van der Waals surface area contributed by atoms with Crippen LogP contribution in [0.2, 0.25) is 0 Å². The minimum absolute atomic E-state index is 0.158. The topological polar surface area (TPSA) is 32.3 Å². The molecule has 0 aromatic carbocycles. The highest BCUT2D eigenvalue weighted by molar-refractivity contribution is 5.82. The Hall–Kier alpha value is -0.570. The molecular weight excluding hydrogens is 176 g/mol. The van der Waals surface area contributed by atoms with Gasteiger partial charge in [0.15, 0.2) is 0 Å². The van der Waals surface area contributed by atoms with Crippen molar-refractivity contribution in [3.63, 3.8) is 0 Å². The fraction of sp³-hybridized carbons (Fsp3) is 0.909. The predicted octanol–water partition coefficient (Wildman–Crippen LogP) is 0.997. The van der Waals surface area contributed by atoms with Crippen LogP contribution >= 0.6 is 0 Å². The van der Waals surface area contributed by atoms with Crippen LogP contribution < -0.4 is 5.32 Å². The van der Waals surface area contributed by atoms with Gasteiger partial charge < -0.3 is 5.32 Å². The summed E-state index contributed by atoms with van der Waals surface area (Å²) in [5.74, 6) is 0.244. The molecule has 2 aliphatic heterocycles. The van der Waals surface area contributed by atoms with Crippen molar-refractivity contribution in [3.8, 4) is 0 Å². The summed E-state index contributed by atoms with van der Waals surface area (Å²) in [4.78, 5) is 14.0. The van der Waals surface area contributed by atoms with E-state index in [4.69, 9.17) is 0 Å². The molecule has 1 unspecified atom stereocenters. The molecule has 0 radical (unpaired) electrons. The number of carbonyl (C=O) groups excluding carboxylic acids is 1. The molecule has 14 heavy (non-hydrogen) atoms. The lowest BCUT2D eigenvalue weighted by Crippen LogP contribution is -2.49. The maximum atomic E-state index is 11.6. The van der Waals surface area contributed by atoms with E-state index in [-0.39, 0.29) is 11.9 Å². The number of nitrogens with zero attached hydrogens (tertiary/aromatic N) is 1. The van der Waals surface area contributed by atoms with E-state index in [0.29, 0.717) is 5.41 Å². The Morgan fingerprint density at radius 1 is 1.50 bits per heavy atom. The maximum absolute atomic E-state index is 11.6. The first-order valence-corrected chi connectivity index (χ1v) is 5.60. The highest BCUT2D eigenvalue weighted by Gasteiger charge is 2.36. The van der Waals surface area contributed by atoms with Crippen LogP contribution in [-0.2, 0) is 4.79 Å². The van der Waals surface area contributed by atoms with Crippen molar-refractivity contribution in [2.75, 3.05) is 19.6 Å². The minimum Gasteiger partial charge on any atom is -0.355 e. The lowest BCUT2D eigenvalue weighted by molar-refractivity contribution is -0.127. The Morgan fingerprint density at radius 3 is 2.86 bits per heavy atom. The van der Waals surface area contributed by atoms with Crippen molar-refractivity contribution in [3.05, 3.63) is 0 Å². The summed E-state index contributed by atoms with van der Waals surface area (Å²) in [5, 5.41) is 2.96. The molecule has 1 N–H and O–H groups in total. The van der Waals surface area contributed by atoms with Gasteiger partial charge in [-0.15, -0.1) is 0 Å². The lowest BCUT2D eigenvalue weighted by Gasteiger charge is -2.31. The van der Waals surface area contributed by atoms with E-state index >= 15 is 0 Å². The molecule has 0 aromatic heterocycles. The molecular formula is C11H20N2O. The highest BCUT2D eigenvalue weighted by atomic mass is 16.2. The first-order valence-electron chi connectivity index (χ1n) is 5.60. The first kappa shape index (κ1) is 9.97.